The van der Waals surface area contributed by atoms with Gasteiger partial charge in [0.25, 0.3) is 0 Å². The molecule has 0 aliphatic rings. The Balaban J connectivity index is 1.59. The van der Waals surface area contributed by atoms with Gasteiger partial charge in [-0.15, -0.1) is 0 Å². The lowest BCUT2D eigenvalue weighted by Crippen LogP contribution is -2.00. The molecule has 0 saturated heterocycles. The number of H-pyrrole nitrogens is 1. The van der Waals surface area contributed by atoms with Crippen molar-refractivity contribution >= 4 is 17.4 Å². The van der Waals surface area contributed by atoms with Crippen molar-refractivity contribution in [1.29, 1.82) is 0 Å². The molecular weight excluding hydrogens is 270 g/mol. The molecule has 0 aliphatic heterocycles. The molecule has 0 aliphatic carbocycles. The van der Waals surface area contributed by atoms with Gasteiger partial charge < -0.3 is 5.32 Å². The van der Waals surface area contributed by atoms with Crippen molar-refractivity contribution in [2.24, 2.45) is 0 Å². The van der Waals surface area contributed by atoms with Crippen molar-refractivity contribution in [2.45, 2.75) is 16.6 Å². The molecule has 3 rings (SSSR count). The van der Waals surface area contributed by atoms with Crippen LogP contribution in [0.5, 0.6) is 0 Å². The van der Waals surface area contributed by atoms with E-state index in [1.807, 2.05) is 42.5 Å². The average molecular weight is 283 g/mol. The summed E-state index contributed by atoms with van der Waals surface area (Å²) in [6, 6.07) is 14.1. The molecule has 2 aromatic heterocycles. The number of hydrogen-bond donors (Lipinski definition) is 2. The van der Waals surface area contributed by atoms with E-state index >= 15 is 0 Å². The lowest BCUT2D eigenvalue weighted by molar-refractivity contribution is 0.973. The molecular formula is C14H13N5S. The van der Waals surface area contributed by atoms with Gasteiger partial charge in [-0.2, -0.15) is 5.10 Å². The van der Waals surface area contributed by atoms with Crippen molar-refractivity contribution in [3.05, 3.63) is 60.7 Å². The van der Waals surface area contributed by atoms with Crippen LogP contribution in [0.3, 0.4) is 0 Å². The summed E-state index contributed by atoms with van der Waals surface area (Å²) in [5.41, 5.74) is 2.09. The molecule has 2 heterocycles. The Kier molecular flexibility index (Phi) is 3.93. The van der Waals surface area contributed by atoms with Crippen LogP contribution in [0.25, 0.3) is 0 Å². The molecule has 0 radical (unpaired) electrons. The molecule has 0 bridgehead atoms. The smallest absolute Gasteiger partial charge is 0.188 e. The third-order valence-electron chi connectivity index (χ3n) is 2.66. The Morgan fingerprint density at radius 3 is 2.65 bits per heavy atom. The Bertz CT molecular complexity index is 637. The number of rotatable bonds is 5. The first kappa shape index (κ1) is 12.7. The topological polar surface area (TPSA) is 66.5 Å². The highest BCUT2D eigenvalue weighted by molar-refractivity contribution is 7.99. The summed E-state index contributed by atoms with van der Waals surface area (Å²) in [5.74, 6) is 0. The van der Waals surface area contributed by atoms with Crippen LogP contribution in [0.2, 0.25) is 0 Å². The van der Waals surface area contributed by atoms with E-state index in [2.05, 4.69) is 25.5 Å². The molecule has 3 aromatic rings. The fourth-order valence-corrected chi connectivity index (χ4v) is 2.38. The molecule has 0 atom stereocenters. The van der Waals surface area contributed by atoms with Crippen molar-refractivity contribution in [3.8, 4) is 0 Å². The Labute approximate surface area is 120 Å². The van der Waals surface area contributed by atoms with Gasteiger partial charge in [0.1, 0.15) is 6.33 Å². The molecule has 100 valence electrons. The normalized spacial score (nSPS) is 10.4. The Morgan fingerprint density at radius 1 is 1.05 bits per heavy atom. The van der Waals surface area contributed by atoms with Crippen molar-refractivity contribution < 1.29 is 0 Å². The first-order valence-electron chi connectivity index (χ1n) is 6.17. The van der Waals surface area contributed by atoms with Gasteiger partial charge in [-0.25, -0.2) is 4.98 Å². The zero-order valence-corrected chi connectivity index (χ0v) is 11.5. The summed E-state index contributed by atoms with van der Waals surface area (Å²) >= 11 is 1.55. The maximum atomic E-state index is 4.28. The molecule has 0 amide bonds. The largest absolute Gasteiger partial charge is 0.379 e. The Hall–Kier alpha value is -2.34. The van der Waals surface area contributed by atoms with Crippen molar-refractivity contribution in [2.75, 3.05) is 5.32 Å². The molecule has 20 heavy (non-hydrogen) atoms. The highest BCUT2D eigenvalue weighted by Crippen LogP contribution is 2.25. The highest BCUT2D eigenvalue weighted by Gasteiger charge is 2.00. The maximum absolute atomic E-state index is 4.28. The summed E-state index contributed by atoms with van der Waals surface area (Å²) in [7, 11) is 0. The van der Waals surface area contributed by atoms with Gasteiger partial charge in [0.15, 0.2) is 5.16 Å². The number of hydrogen-bond acceptors (Lipinski definition) is 5. The van der Waals surface area contributed by atoms with Crippen LogP contribution in [0.15, 0.2) is 65.0 Å². The van der Waals surface area contributed by atoms with E-state index in [4.69, 9.17) is 0 Å². The summed E-state index contributed by atoms with van der Waals surface area (Å²) in [4.78, 5) is 9.47. The van der Waals surface area contributed by atoms with Gasteiger partial charge in [-0.05, 0) is 36.4 Å². The minimum absolute atomic E-state index is 0.718. The number of nitrogens with zero attached hydrogens (tertiary/aromatic N) is 3. The van der Waals surface area contributed by atoms with Gasteiger partial charge in [0.2, 0.25) is 0 Å². The third-order valence-corrected chi connectivity index (χ3v) is 3.56. The second-order valence-corrected chi connectivity index (χ2v) is 5.15. The molecule has 1 aromatic carbocycles. The lowest BCUT2D eigenvalue weighted by Gasteiger charge is -2.06. The van der Waals surface area contributed by atoms with E-state index in [1.54, 1.807) is 18.0 Å². The van der Waals surface area contributed by atoms with E-state index in [0.29, 0.717) is 0 Å². The van der Waals surface area contributed by atoms with Gasteiger partial charge in [-0.3, -0.25) is 10.1 Å². The fourth-order valence-electron chi connectivity index (χ4n) is 1.69. The second-order valence-electron chi connectivity index (χ2n) is 4.09. The molecule has 0 fully saturated rings. The van der Waals surface area contributed by atoms with E-state index in [9.17, 15) is 0 Å². The van der Waals surface area contributed by atoms with Gasteiger partial charge in [0, 0.05) is 16.8 Å². The first-order chi connectivity index (χ1) is 9.90. The summed E-state index contributed by atoms with van der Waals surface area (Å²) in [6.07, 6.45) is 3.30. The molecule has 0 unspecified atom stereocenters. The predicted molar refractivity (Wildman–Crippen MR) is 78.5 cm³/mol. The molecule has 5 nitrogen and oxygen atoms in total. The number of nitrogens with one attached hydrogen (secondary N) is 2. The first-order valence-corrected chi connectivity index (χ1v) is 6.99. The minimum Gasteiger partial charge on any atom is -0.379 e. The summed E-state index contributed by atoms with van der Waals surface area (Å²) < 4.78 is 0. The van der Waals surface area contributed by atoms with Crippen molar-refractivity contribution in [1.82, 2.24) is 20.2 Å². The standard InChI is InChI=1S/C14H13N5S/c1-2-8-15-12(3-1)9-16-11-4-6-13(7-5-11)20-14-17-10-18-19-14/h1-8,10,16H,9H2,(H,17,18,19). The van der Waals surface area contributed by atoms with E-state index in [-0.39, 0.29) is 0 Å². The second kappa shape index (κ2) is 6.21. The zero-order chi connectivity index (χ0) is 13.6. The zero-order valence-electron chi connectivity index (χ0n) is 10.7. The van der Waals surface area contributed by atoms with Crippen LogP contribution in [0.1, 0.15) is 5.69 Å². The van der Waals surface area contributed by atoms with E-state index in [0.717, 1.165) is 28.0 Å². The minimum atomic E-state index is 0.718. The van der Waals surface area contributed by atoms with Crippen molar-refractivity contribution in [3.63, 3.8) is 0 Å². The molecule has 0 spiro atoms. The molecule has 2 N–H and O–H groups in total. The van der Waals surface area contributed by atoms with Crippen LogP contribution < -0.4 is 5.32 Å². The predicted octanol–water partition coefficient (Wildman–Crippen LogP) is 2.96. The quantitative estimate of drug-likeness (QED) is 0.753. The van der Waals surface area contributed by atoms with Crippen LogP contribution in [-0.4, -0.2) is 20.2 Å². The van der Waals surface area contributed by atoms with E-state index in [1.165, 1.54) is 6.33 Å². The van der Waals surface area contributed by atoms with E-state index < -0.39 is 0 Å². The van der Waals surface area contributed by atoms with Gasteiger partial charge in [0.05, 0.1) is 12.2 Å². The van der Waals surface area contributed by atoms with Gasteiger partial charge >= 0.3 is 0 Å². The maximum Gasteiger partial charge on any atom is 0.188 e. The lowest BCUT2D eigenvalue weighted by atomic mass is 10.3. The molecule has 6 heteroatoms. The Morgan fingerprint density at radius 2 is 1.95 bits per heavy atom. The number of aromatic amines is 1. The number of anilines is 1. The van der Waals surface area contributed by atoms with Crippen LogP contribution in [0.4, 0.5) is 5.69 Å². The van der Waals surface area contributed by atoms with Crippen LogP contribution in [0, 0.1) is 0 Å². The van der Waals surface area contributed by atoms with Gasteiger partial charge in [-0.1, -0.05) is 17.8 Å². The summed E-state index contributed by atoms with van der Waals surface area (Å²) in [5, 5.41) is 10.8. The highest BCUT2D eigenvalue weighted by atomic mass is 32.2. The molecule has 0 saturated carbocycles. The fraction of sp³-hybridized carbons (Fsp3) is 0.0714. The third kappa shape index (κ3) is 3.36. The van der Waals surface area contributed by atoms with Crippen LogP contribution >= 0.6 is 11.8 Å². The number of benzene rings is 1. The monoisotopic (exact) mass is 283 g/mol. The summed E-state index contributed by atoms with van der Waals surface area (Å²) in [6.45, 7) is 0.718. The van der Waals surface area contributed by atoms with Crippen LogP contribution in [-0.2, 0) is 6.54 Å². The number of aromatic nitrogens is 4. The number of pyridine rings is 1. The average Bonchev–Trinajstić information content (AvgIpc) is 3.01. The SMILES string of the molecule is c1ccc(CNc2ccc(Sc3ncn[nH]3)cc2)nc1.